The molecule has 0 aromatic carbocycles. The molecule has 4 rings (SSSR count). The van der Waals surface area contributed by atoms with Gasteiger partial charge in [-0.25, -0.2) is 4.68 Å². The molecule has 0 aliphatic carbocycles. The van der Waals surface area contributed by atoms with Crippen LogP contribution in [0.4, 0.5) is 5.95 Å². The molecule has 0 saturated heterocycles. The highest BCUT2D eigenvalue weighted by atomic mass is 32.1. The number of nitrogens with one attached hydrogen (secondary N) is 1. The molecule has 0 spiro atoms. The maximum atomic E-state index is 12.5. The fourth-order valence-corrected chi connectivity index (χ4v) is 4.30. The Hall–Kier alpha value is -2.15. The van der Waals surface area contributed by atoms with Crippen molar-refractivity contribution in [1.82, 2.24) is 19.7 Å². The van der Waals surface area contributed by atoms with E-state index in [1.807, 2.05) is 4.68 Å². The van der Waals surface area contributed by atoms with Crippen LogP contribution in [0.15, 0.2) is 22.4 Å². The Labute approximate surface area is 144 Å². The maximum Gasteiger partial charge on any atom is 0.263 e. The molecule has 0 radical (unpaired) electrons. The Morgan fingerprint density at radius 2 is 2.17 bits per heavy atom. The standard InChI is InChI=1S/C17H21N5OS/c1-10-11-6-8-24-13(11)5-7-21(10)16-19-14-12(15(23)20-16)9-18-22(14)17(2,3)4/h6,8-10H,5,7H2,1-4H3,(H,19,20,23)/t10-/m0/s1. The smallest absolute Gasteiger partial charge is 0.263 e. The van der Waals surface area contributed by atoms with Gasteiger partial charge in [-0.1, -0.05) is 0 Å². The Morgan fingerprint density at radius 3 is 2.92 bits per heavy atom. The van der Waals surface area contributed by atoms with Gasteiger partial charge in [-0.15, -0.1) is 11.3 Å². The van der Waals surface area contributed by atoms with Gasteiger partial charge < -0.3 is 4.90 Å². The zero-order chi connectivity index (χ0) is 17.1. The third-order valence-corrected chi connectivity index (χ3v) is 5.61. The van der Waals surface area contributed by atoms with Crippen LogP contribution in [-0.4, -0.2) is 26.3 Å². The molecular formula is C17H21N5OS. The molecule has 7 heteroatoms. The number of thiophene rings is 1. The zero-order valence-corrected chi connectivity index (χ0v) is 15.1. The van der Waals surface area contributed by atoms with Crippen LogP contribution in [0.5, 0.6) is 0 Å². The molecule has 1 aliphatic heterocycles. The highest BCUT2D eigenvalue weighted by Crippen LogP contribution is 2.34. The number of rotatable bonds is 1. The van der Waals surface area contributed by atoms with Crippen molar-refractivity contribution in [2.75, 3.05) is 11.4 Å². The molecule has 126 valence electrons. The van der Waals surface area contributed by atoms with Gasteiger partial charge in [0.2, 0.25) is 5.95 Å². The van der Waals surface area contributed by atoms with Crippen molar-refractivity contribution in [3.63, 3.8) is 0 Å². The highest BCUT2D eigenvalue weighted by molar-refractivity contribution is 7.10. The summed E-state index contributed by atoms with van der Waals surface area (Å²) in [5.74, 6) is 0.628. The topological polar surface area (TPSA) is 66.8 Å². The van der Waals surface area contributed by atoms with Gasteiger partial charge in [0.1, 0.15) is 5.39 Å². The molecule has 3 aromatic heterocycles. The first-order valence-corrected chi connectivity index (χ1v) is 9.05. The van der Waals surface area contributed by atoms with E-state index in [1.165, 1.54) is 10.4 Å². The summed E-state index contributed by atoms with van der Waals surface area (Å²) < 4.78 is 1.83. The van der Waals surface area contributed by atoms with Crippen LogP contribution in [0, 0.1) is 0 Å². The van der Waals surface area contributed by atoms with Crippen LogP contribution >= 0.6 is 11.3 Å². The summed E-state index contributed by atoms with van der Waals surface area (Å²) >= 11 is 1.81. The van der Waals surface area contributed by atoms with Crippen molar-refractivity contribution in [3.05, 3.63) is 38.4 Å². The minimum atomic E-state index is -0.228. The highest BCUT2D eigenvalue weighted by Gasteiger charge is 2.28. The molecule has 0 amide bonds. The van der Waals surface area contributed by atoms with E-state index in [-0.39, 0.29) is 17.1 Å². The number of H-pyrrole nitrogens is 1. The van der Waals surface area contributed by atoms with Crippen LogP contribution in [-0.2, 0) is 12.0 Å². The van der Waals surface area contributed by atoms with E-state index >= 15 is 0 Å². The zero-order valence-electron chi connectivity index (χ0n) is 14.3. The molecule has 1 atom stereocenters. The summed E-state index contributed by atoms with van der Waals surface area (Å²) in [5.41, 5.74) is 1.62. The Bertz CT molecular complexity index is 961. The van der Waals surface area contributed by atoms with Crippen LogP contribution in [0.3, 0.4) is 0 Å². The van der Waals surface area contributed by atoms with E-state index in [0.29, 0.717) is 17.0 Å². The summed E-state index contributed by atoms with van der Waals surface area (Å²) in [7, 11) is 0. The average molecular weight is 343 g/mol. The van der Waals surface area contributed by atoms with Gasteiger partial charge in [-0.3, -0.25) is 9.78 Å². The van der Waals surface area contributed by atoms with Crippen LogP contribution < -0.4 is 10.5 Å². The molecule has 24 heavy (non-hydrogen) atoms. The minimum Gasteiger partial charge on any atom is -0.335 e. The predicted molar refractivity (Wildman–Crippen MR) is 96.9 cm³/mol. The van der Waals surface area contributed by atoms with Crippen molar-refractivity contribution >= 4 is 28.3 Å². The molecule has 0 saturated carbocycles. The molecule has 4 heterocycles. The Balaban J connectivity index is 1.85. The molecule has 0 fully saturated rings. The summed E-state index contributed by atoms with van der Waals surface area (Å²) in [6.45, 7) is 9.19. The van der Waals surface area contributed by atoms with Crippen molar-refractivity contribution < 1.29 is 0 Å². The van der Waals surface area contributed by atoms with E-state index in [4.69, 9.17) is 4.98 Å². The number of hydrogen-bond donors (Lipinski definition) is 1. The first-order valence-electron chi connectivity index (χ1n) is 8.17. The SMILES string of the molecule is C[C@H]1c2ccsc2CCN1c1nc2c(cnn2C(C)(C)C)c(=O)[nH]1. The van der Waals surface area contributed by atoms with Crippen molar-refractivity contribution in [2.45, 2.75) is 45.7 Å². The first kappa shape index (κ1) is 15.4. The lowest BCUT2D eigenvalue weighted by atomic mass is 10.0. The van der Waals surface area contributed by atoms with E-state index in [2.05, 4.69) is 54.1 Å². The fraction of sp³-hybridized carbons (Fsp3) is 0.471. The van der Waals surface area contributed by atoms with Gasteiger partial charge in [-0.05, 0) is 51.1 Å². The second kappa shape index (κ2) is 5.17. The number of aromatic nitrogens is 4. The second-order valence-corrected chi connectivity index (χ2v) is 8.27. The maximum absolute atomic E-state index is 12.5. The monoisotopic (exact) mass is 343 g/mol. The summed E-state index contributed by atoms with van der Waals surface area (Å²) in [5, 5.41) is 7.05. The largest absolute Gasteiger partial charge is 0.335 e. The van der Waals surface area contributed by atoms with E-state index in [1.54, 1.807) is 17.5 Å². The van der Waals surface area contributed by atoms with Crippen LogP contribution in [0.2, 0.25) is 0 Å². The number of anilines is 1. The van der Waals surface area contributed by atoms with Crippen molar-refractivity contribution in [3.8, 4) is 0 Å². The number of hydrogen-bond acceptors (Lipinski definition) is 5. The number of nitrogens with zero attached hydrogens (tertiary/aromatic N) is 4. The third kappa shape index (κ3) is 2.26. The average Bonchev–Trinajstić information content (AvgIpc) is 3.13. The third-order valence-electron chi connectivity index (χ3n) is 4.61. The number of aromatic amines is 1. The molecule has 3 aromatic rings. The van der Waals surface area contributed by atoms with Crippen LogP contribution in [0.25, 0.3) is 11.0 Å². The van der Waals surface area contributed by atoms with E-state index < -0.39 is 0 Å². The Kier molecular flexibility index (Phi) is 3.32. The van der Waals surface area contributed by atoms with Gasteiger partial charge in [0.15, 0.2) is 5.65 Å². The van der Waals surface area contributed by atoms with Crippen molar-refractivity contribution in [1.29, 1.82) is 0 Å². The van der Waals surface area contributed by atoms with E-state index in [0.717, 1.165) is 13.0 Å². The molecule has 0 unspecified atom stereocenters. The lowest BCUT2D eigenvalue weighted by Crippen LogP contribution is -2.35. The minimum absolute atomic E-state index is 0.131. The normalized spacial score (nSPS) is 18.2. The van der Waals surface area contributed by atoms with E-state index in [9.17, 15) is 4.79 Å². The van der Waals surface area contributed by atoms with Gasteiger partial charge in [-0.2, -0.15) is 10.1 Å². The summed E-state index contributed by atoms with van der Waals surface area (Å²) in [6, 6.07) is 2.37. The predicted octanol–water partition coefficient (Wildman–Crippen LogP) is 3.06. The lowest BCUT2D eigenvalue weighted by molar-refractivity contribution is 0.366. The number of fused-ring (bicyclic) bond motifs is 2. The summed E-state index contributed by atoms with van der Waals surface area (Å²) in [4.78, 5) is 23.8. The Morgan fingerprint density at radius 1 is 1.38 bits per heavy atom. The lowest BCUT2D eigenvalue weighted by Gasteiger charge is -2.34. The molecular weight excluding hydrogens is 322 g/mol. The quantitative estimate of drug-likeness (QED) is 0.737. The van der Waals surface area contributed by atoms with Crippen molar-refractivity contribution in [2.24, 2.45) is 0 Å². The van der Waals surface area contributed by atoms with Gasteiger partial charge in [0.25, 0.3) is 5.56 Å². The second-order valence-electron chi connectivity index (χ2n) is 7.27. The summed E-state index contributed by atoms with van der Waals surface area (Å²) in [6.07, 6.45) is 2.59. The molecule has 6 nitrogen and oxygen atoms in total. The van der Waals surface area contributed by atoms with Gasteiger partial charge in [0.05, 0.1) is 17.8 Å². The fourth-order valence-electron chi connectivity index (χ4n) is 3.33. The first-order chi connectivity index (χ1) is 11.4. The van der Waals surface area contributed by atoms with Crippen LogP contribution in [0.1, 0.15) is 44.2 Å². The molecule has 1 N–H and O–H groups in total. The van der Waals surface area contributed by atoms with Gasteiger partial charge in [0, 0.05) is 11.4 Å². The molecule has 1 aliphatic rings. The molecule has 0 bridgehead atoms. The van der Waals surface area contributed by atoms with Gasteiger partial charge >= 0.3 is 0 Å².